The molecule has 18 heavy (non-hydrogen) atoms. The third-order valence-electron chi connectivity index (χ3n) is 2.56. The third-order valence-corrected chi connectivity index (χ3v) is 3.53. The van der Waals surface area contributed by atoms with Crippen molar-refractivity contribution in [1.29, 1.82) is 0 Å². The van der Waals surface area contributed by atoms with Crippen molar-refractivity contribution in [2.45, 2.75) is 5.03 Å². The van der Waals surface area contributed by atoms with Crippen LogP contribution in [-0.2, 0) is 4.74 Å². The van der Waals surface area contributed by atoms with E-state index in [1.54, 1.807) is 25.1 Å². The molecule has 1 aliphatic heterocycles. The smallest absolute Gasteiger partial charge is 0.226 e. The molecule has 98 valence electrons. The van der Waals surface area contributed by atoms with Gasteiger partial charge in [-0.3, -0.25) is 0 Å². The first-order chi connectivity index (χ1) is 8.85. The Kier molecular flexibility index (Phi) is 4.83. The standard InChI is InChI=1S/C12H17N3O2S/c1-3-8-18-11-10(16-2)9-13-12(14-11)15-4-6-17-7-5-15/h3,9H,1,4-8H2,2H3. The summed E-state index contributed by atoms with van der Waals surface area (Å²) in [4.78, 5) is 11.0. The van der Waals surface area contributed by atoms with Crippen LogP contribution in [0.2, 0.25) is 0 Å². The van der Waals surface area contributed by atoms with E-state index in [-0.39, 0.29) is 0 Å². The summed E-state index contributed by atoms with van der Waals surface area (Å²) in [5.74, 6) is 2.25. The summed E-state index contributed by atoms with van der Waals surface area (Å²) in [5, 5.41) is 0.855. The van der Waals surface area contributed by atoms with E-state index in [0.717, 1.165) is 43.0 Å². The Morgan fingerprint density at radius 2 is 2.33 bits per heavy atom. The second-order valence-electron chi connectivity index (χ2n) is 3.74. The number of anilines is 1. The Labute approximate surface area is 111 Å². The predicted molar refractivity (Wildman–Crippen MR) is 72.5 cm³/mol. The first kappa shape index (κ1) is 13.2. The van der Waals surface area contributed by atoms with Gasteiger partial charge in [0, 0.05) is 18.8 Å². The van der Waals surface area contributed by atoms with Crippen LogP contribution >= 0.6 is 11.8 Å². The van der Waals surface area contributed by atoms with E-state index in [2.05, 4.69) is 21.4 Å². The molecule has 6 heteroatoms. The molecule has 5 nitrogen and oxygen atoms in total. The molecule has 0 aliphatic carbocycles. The molecule has 0 bridgehead atoms. The zero-order valence-electron chi connectivity index (χ0n) is 10.5. The van der Waals surface area contributed by atoms with Crippen molar-refractivity contribution in [2.75, 3.05) is 44.1 Å². The number of rotatable bonds is 5. The number of thioether (sulfide) groups is 1. The van der Waals surface area contributed by atoms with Crippen LogP contribution in [0.3, 0.4) is 0 Å². The average Bonchev–Trinajstić information content (AvgIpc) is 2.45. The van der Waals surface area contributed by atoms with Crippen molar-refractivity contribution in [2.24, 2.45) is 0 Å². The second kappa shape index (κ2) is 6.61. The molecule has 1 aromatic rings. The van der Waals surface area contributed by atoms with Crippen LogP contribution in [-0.4, -0.2) is 49.1 Å². The van der Waals surface area contributed by atoms with Crippen LogP contribution in [0, 0.1) is 0 Å². The summed E-state index contributed by atoms with van der Waals surface area (Å²) in [6, 6.07) is 0. The molecule has 0 saturated carbocycles. The normalized spacial score (nSPS) is 15.5. The van der Waals surface area contributed by atoms with Gasteiger partial charge in [-0.15, -0.1) is 6.58 Å². The SMILES string of the molecule is C=CCSc1nc(N2CCOCC2)ncc1OC. The molecular weight excluding hydrogens is 250 g/mol. The third kappa shape index (κ3) is 3.14. The molecule has 2 rings (SSSR count). The molecule has 2 heterocycles. The fourth-order valence-electron chi connectivity index (χ4n) is 1.64. The lowest BCUT2D eigenvalue weighted by molar-refractivity contribution is 0.122. The second-order valence-corrected chi connectivity index (χ2v) is 4.75. The topological polar surface area (TPSA) is 47.5 Å². The average molecular weight is 267 g/mol. The van der Waals surface area contributed by atoms with Crippen LogP contribution in [0.25, 0.3) is 0 Å². The maximum atomic E-state index is 5.32. The van der Waals surface area contributed by atoms with E-state index in [0.29, 0.717) is 5.75 Å². The van der Waals surface area contributed by atoms with E-state index >= 15 is 0 Å². The van der Waals surface area contributed by atoms with Gasteiger partial charge in [-0.1, -0.05) is 17.8 Å². The monoisotopic (exact) mass is 267 g/mol. The Bertz CT molecular complexity index is 408. The van der Waals surface area contributed by atoms with E-state index in [4.69, 9.17) is 9.47 Å². The highest BCUT2D eigenvalue weighted by molar-refractivity contribution is 7.99. The molecule has 0 radical (unpaired) electrons. The summed E-state index contributed by atoms with van der Waals surface area (Å²) in [5.41, 5.74) is 0. The Morgan fingerprint density at radius 1 is 1.56 bits per heavy atom. The number of aromatic nitrogens is 2. The van der Waals surface area contributed by atoms with Crippen LogP contribution in [0.15, 0.2) is 23.9 Å². The van der Waals surface area contributed by atoms with Crippen molar-refractivity contribution in [3.8, 4) is 5.75 Å². The van der Waals surface area contributed by atoms with Crippen LogP contribution < -0.4 is 9.64 Å². The van der Waals surface area contributed by atoms with Crippen molar-refractivity contribution >= 4 is 17.7 Å². The lowest BCUT2D eigenvalue weighted by Crippen LogP contribution is -2.37. The molecule has 0 spiro atoms. The summed E-state index contributed by atoms with van der Waals surface area (Å²) in [6.07, 6.45) is 3.57. The Hall–Kier alpha value is -1.27. The fraction of sp³-hybridized carbons (Fsp3) is 0.500. The number of ether oxygens (including phenoxy) is 2. The maximum Gasteiger partial charge on any atom is 0.226 e. The van der Waals surface area contributed by atoms with Crippen molar-refractivity contribution in [3.05, 3.63) is 18.9 Å². The van der Waals surface area contributed by atoms with E-state index < -0.39 is 0 Å². The minimum atomic E-state index is 0.707. The molecule has 1 saturated heterocycles. The van der Waals surface area contributed by atoms with Gasteiger partial charge in [0.25, 0.3) is 0 Å². The van der Waals surface area contributed by atoms with Crippen LogP contribution in [0.5, 0.6) is 5.75 Å². The van der Waals surface area contributed by atoms with Gasteiger partial charge in [-0.05, 0) is 0 Å². The van der Waals surface area contributed by atoms with Gasteiger partial charge in [0.05, 0.1) is 26.5 Å². The predicted octanol–water partition coefficient (Wildman–Crippen LogP) is 1.60. The van der Waals surface area contributed by atoms with Gasteiger partial charge < -0.3 is 14.4 Å². The highest BCUT2D eigenvalue weighted by atomic mass is 32.2. The quantitative estimate of drug-likeness (QED) is 0.459. The van der Waals surface area contributed by atoms with Gasteiger partial charge >= 0.3 is 0 Å². The molecule has 0 N–H and O–H groups in total. The van der Waals surface area contributed by atoms with Gasteiger partial charge in [-0.25, -0.2) is 9.97 Å². The first-order valence-corrected chi connectivity index (χ1v) is 6.81. The van der Waals surface area contributed by atoms with Gasteiger partial charge in [0.1, 0.15) is 5.03 Å². The molecule has 1 aliphatic rings. The van der Waals surface area contributed by atoms with Gasteiger partial charge in [-0.2, -0.15) is 0 Å². The number of morpholine rings is 1. The highest BCUT2D eigenvalue weighted by Crippen LogP contribution is 2.28. The Balaban J connectivity index is 2.17. The van der Waals surface area contributed by atoms with Crippen LogP contribution in [0.1, 0.15) is 0 Å². The van der Waals surface area contributed by atoms with Crippen molar-refractivity contribution < 1.29 is 9.47 Å². The first-order valence-electron chi connectivity index (χ1n) is 5.82. The number of hydrogen-bond acceptors (Lipinski definition) is 6. The molecule has 0 amide bonds. The van der Waals surface area contributed by atoms with E-state index in [1.807, 2.05) is 6.08 Å². The van der Waals surface area contributed by atoms with E-state index in [1.165, 1.54) is 0 Å². The molecule has 0 aromatic carbocycles. The zero-order chi connectivity index (χ0) is 12.8. The largest absolute Gasteiger partial charge is 0.492 e. The molecule has 0 atom stereocenters. The summed E-state index contributed by atoms with van der Waals surface area (Å²) in [7, 11) is 1.63. The highest BCUT2D eigenvalue weighted by Gasteiger charge is 2.16. The lowest BCUT2D eigenvalue weighted by atomic mass is 10.4. The lowest BCUT2D eigenvalue weighted by Gasteiger charge is -2.27. The molecule has 0 unspecified atom stereocenters. The minimum Gasteiger partial charge on any atom is -0.492 e. The summed E-state index contributed by atoms with van der Waals surface area (Å²) >= 11 is 1.60. The van der Waals surface area contributed by atoms with Gasteiger partial charge in [0.2, 0.25) is 5.95 Å². The van der Waals surface area contributed by atoms with Crippen molar-refractivity contribution in [3.63, 3.8) is 0 Å². The van der Waals surface area contributed by atoms with Gasteiger partial charge in [0.15, 0.2) is 5.75 Å². The molecule has 1 aromatic heterocycles. The van der Waals surface area contributed by atoms with Crippen LogP contribution in [0.4, 0.5) is 5.95 Å². The Morgan fingerprint density at radius 3 is 3.00 bits per heavy atom. The molecule has 1 fully saturated rings. The van der Waals surface area contributed by atoms with E-state index in [9.17, 15) is 0 Å². The fourth-order valence-corrected chi connectivity index (χ4v) is 2.34. The summed E-state index contributed by atoms with van der Waals surface area (Å²) in [6.45, 7) is 6.83. The number of nitrogens with zero attached hydrogens (tertiary/aromatic N) is 3. The number of methoxy groups -OCH3 is 1. The minimum absolute atomic E-state index is 0.707. The summed E-state index contributed by atoms with van der Waals surface area (Å²) < 4.78 is 10.6. The number of hydrogen-bond donors (Lipinski definition) is 0. The maximum absolute atomic E-state index is 5.32. The van der Waals surface area contributed by atoms with Crippen molar-refractivity contribution in [1.82, 2.24) is 9.97 Å². The molecular formula is C12H17N3O2S. The zero-order valence-corrected chi connectivity index (χ0v) is 11.3.